The maximum Gasteiger partial charge on any atom is 0.302 e. The molecule has 12 heteroatoms. The summed E-state index contributed by atoms with van der Waals surface area (Å²) >= 11 is 0. The van der Waals surface area contributed by atoms with Crippen LogP contribution in [0.2, 0.25) is 0 Å². The van der Waals surface area contributed by atoms with Crippen LogP contribution in [0, 0.1) is 5.92 Å². The third-order valence-corrected chi connectivity index (χ3v) is 12.2. The van der Waals surface area contributed by atoms with Crippen LogP contribution >= 0.6 is 0 Å². The molecule has 0 spiro atoms. The molecule has 0 aromatic heterocycles. The van der Waals surface area contributed by atoms with Gasteiger partial charge in [0.2, 0.25) is 0 Å². The number of benzene rings is 6. The Balaban J connectivity index is 1.13. The Hall–Kier alpha value is -5.61. The molecular weight excluding hydrogens is 889 g/mol. The van der Waals surface area contributed by atoms with Crippen LogP contribution in [0.15, 0.2) is 182 Å². The molecule has 368 valence electrons. The minimum atomic E-state index is -1.42. The van der Waals surface area contributed by atoms with E-state index in [9.17, 15) is 6.17 Å². The van der Waals surface area contributed by atoms with E-state index in [2.05, 4.69) is 0 Å². The Labute approximate surface area is 413 Å². The van der Waals surface area contributed by atoms with Crippen molar-refractivity contribution in [2.24, 2.45) is 5.92 Å². The van der Waals surface area contributed by atoms with Gasteiger partial charge in [-0.1, -0.05) is 182 Å². The molecule has 2 aliphatic rings. The van der Waals surface area contributed by atoms with Crippen molar-refractivity contribution < 1.29 is 58.3 Å². The zero-order chi connectivity index (χ0) is 49.0. The molecule has 12 nitrogen and oxygen atoms in total. The number of methoxy groups -OCH3 is 1. The maximum absolute atomic E-state index is 12.6. The predicted molar refractivity (Wildman–Crippen MR) is 262 cm³/mol. The zero-order valence-electron chi connectivity index (χ0n) is 40.7. The summed E-state index contributed by atoms with van der Waals surface area (Å²) < 4.78 is 82.2. The largest absolute Gasteiger partial charge is 0.465 e. The molecule has 2 heterocycles. The van der Waals surface area contributed by atoms with Gasteiger partial charge in [-0.25, -0.2) is 0 Å². The molecule has 0 saturated carbocycles. The summed E-state index contributed by atoms with van der Waals surface area (Å²) in [6.45, 7) is 1.13. The monoisotopic (exact) mass is 953 g/mol. The lowest BCUT2D eigenvalue weighted by Gasteiger charge is -2.48. The third-order valence-electron chi connectivity index (χ3n) is 12.2. The van der Waals surface area contributed by atoms with Gasteiger partial charge in [-0.3, -0.25) is 4.79 Å². The topological polar surface area (TPSA) is 119 Å². The predicted octanol–water partition coefficient (Wildman–Crippen LogP) is 9.42. The third kappa shape index (κ3) is 15.0. The number of hydrogen-bond donors (Lipinski definition) is 0. The summed E-state index contributed by atoms with van der Waals surface area (Å²) in [5, 5.41) is 0. The first-order valence-corrected chi connectivity index (χ1v) is 23.9. The van der Waals surface area contributed by atoms with Crippen molar-refractivity contribution in [1.29, 1.82) is 0 Å². The Kier molecular flexibility index (Phi) is 19.1. The van der Waals surface area contributed by atoms with Crippen molar-refractivity contribution in [2.45, 2.75) is 102 Å². The first-order valence-electron chi connectivity index (χ1n) is 24.4. The van der Waals surface area contributed by atoms with E-state index in [-0.39, 0.29) is 52.9 Å². The summed E-state index contributed by atoms with van der Waals surface area (Å²) in [5.74, 6) is -1.50. The van der Waals surface area contributed by atoms with Crippen molar-refractivity contribution in [1.82, 2.24) is 0 Å². The summed E-state index contributed by atoms with van der Waals surface area (Å²) in [5.41, 5.74) is 5.64. The Bertz CT molecular complexity index is 2410. The summed E-state index contributed by atoms with van der Waals surface area (Å²) in [6, 6.07) is 59.0. The normalized spacial score (nSPS) is 25.1. The highest BCUT2D eigenvalue weighted by molar-refractivity contribution is 5.65. The SMILES string of the molecule is [2H][C@H](OC(C)=O)[C@H]1[C@H](OCc2ccccc2)[C@@H](OCc2ccccc2)C(OC[C@H]2O[C@H](OC)[C@H](OCc3ccccc3)[C@@H](OCc3ccccc3)[C@@H]2OCc2ccccc2)O[C@@H]1COCc1ccccc1. The van der Waals surface area contributed by atoms with Crippen molar-refractivity contribution in [2.75, 3.05) is 26.9 Å². The average Bonchev–Trinajstić information content (AvgIpc) is 3.41. The van der Waals surface area contributed by atoms with Gasteiger partial charge in [0.1, 0.15) is 30.5 Å². The van der Waals surface area contributed by atoms with Crippen LogP contribution in [0.3, 0.4) is 0 Å². The van der Waals surface area contributed by atoms with Gasteiger partial charge >= 0.3 is 5.97 Å². The molecule has 0 radical (unpaired) electrons. The summed E-state index contributed by atoms with van der Waals surface area (Å²) in [7, 11) is 1.58. The first kappa shape index (κ1) is 49.4. The molecule has 0 aliphatic carbocycles. The molecule has 2 saturated heterocycles. The van der Waals surface area contributed by atoms with Crippen molar-refractivity contribution >= 4 is 5.97 Å². The number of rotatable bonds is 25. The average molecular weight is 954 g/mol. The molecule has 2 aliphatic heterocycles. The van der Waals surface area contributed by atoms with Crippen LogP contribution in [0.1, 0.15) is 41.7 Å². The number of esters is 1. The second kappa shape index (κ2) is 27.1. The highest BCUT2D eigenvalue weighted by atomic mass is 16.7. The van der Waals surface area contributed by atoms with Crippen LogP contribution in [-0.4, -0.2) is 88.2 Å². The lowest BCUT2D eigenvalue weighted by atomic mass is 9.89. The van der Waals surface area contributed by atoms with E-state index in [0.717, 1.165) is 33.4 Å². The number of ether oxygens (including phenoxy) is 11. The van der Waals surface area contributed by atoms with Gasteiger partial charge in [0, 0.05) is 14.0 Å². The van der Waals surface area contributed by atoms with Gasteiger partial charge < -0.3 is 52.1 Å². The van der Waals surface area contributed by atoms with Gasteiger partial charge in [0.25, 0.3) is 0 Å². The van der Waals surface area contributed by atoms with Gasteiger partial charge in [-0.15, -0.1) is 0 Å². The molecule has 6 aromatic carbocycles. The second-order valence-corrected chi connectivity index (χ2v) is 17.3. The Morgan fingerprint density at radius 2 is 0.786 bits per heavy atom. The lowest BCUT2D eigenvalue weighted by molar-refractivity contribution is -0.346. The second-order valence-electron chi connectivity index (χ2n) is 17.3. The smallest absolute Gasteiger partial charge is 0.302 e. The number of hydrogen-bond acceptors (Lipinski definition) is 12. The maximum atomic E-state index is 12.6. The molecule has 2 fully saturated rings. The van der Waals surface area contributed by atoms with E-state index in [1.807, 2.05) is 182 Å². The minimum absolute atomic E-state index is 0.0109. The van der Waals surface area contributed by atoms with E-state index in [1.54, 1.807) is 7.11 Å². The highest BCUT2D eigenvalue weighted by Gasteiger charge is 2.52. The van der Waals surface area contributed by atoms with E-state index >= 15 is 0 Å². The fraction of sp³-hybridized carbons (Fsp3) is 0.362. The lowest BCUT2D eigenvalue weighted by Crippen LogP contribution is -2.63. The van der Waals surface area contributed by atoms with Crippen LogP contribution in [-0.2, 0) is 96.5 Å². The zero-order valence-corrected chi connectivity index (χ0v) is 39.7. The number of carbonyl (C=O) groups excluding carboxylic acids is 1. The van der Waals surface area contributed by atoms with Gasteiger partial charge in [-0.2, -0.15) is 0 Å². The van der Waals surface area contributed by atoms with E-state index in [4.69, 9.17) is 52.1 Å². The van der Waals surface area contributed by atoms with Crippen molar-refractivity contribution in [3.8, 4) is 0 Å². The Morgan fingerprint density at radius 1 is 0.429 bits per heavy atom. The highest BCUT2D eigenvalue weighted by Crippen LogP contribution is 2.36. The van der Waals surface area contributed by atoms with Crippen LogP contribution in [0.25, 0.3) is 0 Å². The van der Waals surface area contributed by atoms with Crippen molar-refractivity contribution in [3.63, 3.8) is 0 Å². The van der Waals surface area contributed by atoms with Crippen LogP contribution in [0.4, 0.5) is 0 Å². The fourth-order valence-electron chi connectivity index (χ4n) is 8.59. The van der Waals surface area contributed by atoms with Gasteiger partial charge in [-0.05, 0) is 33.4 Å². The molecule has 0 bridgehead atoms. The van der Waals surface area contributed by atoms with E-state index in [0.29, 0.717) is 0 Å². The minimum Gasteiger partial charge on any atom is -0.465 e. The molecule has 70 heavy (non-hydrogen) atoms. The molecule has 0 N–H and O–H groups in total. The fourth-order valence-corrected chi connectivity index (χ4v) is 8.59. The Morgan fingerprint density at radius 3 is 1.20 bits per heavy atom. The van der Waals surface area contributed by atoms with Gasteiger partial charge in [0.15, 0.2) is 12.6 Å². The molecule has 1 unspecified atom stereocenters. The quantitative estimate of drug-likeness (QED) is 0.0509. The van der Waals surface area contributed by atoms with Crippen LogP contribution < -0.4 is 0 Å². The molecule has 6 aromatic rings. The number of carbonyl (C=O) groups is 1. The van der Waals surface area contributed by atoms with Crippen LogP contribution in [0.5, 0.6) is 0 Å². The van der Waals surface area contributed by atoms with Crippen molar-refractivity contribution in [3.05, 3.63) is 215 Å². The molecule has 8 rings (SSSR count). The summed E-state index contributed by atoms with van der Waals surface area (Å²) in [4.78, 5) is 12.6. The standard InChI is InChI=1S/C58H64O12/c1-42(59)62-39-49-50(40-61-33-43-21-9-3-10-22-43)69-58(55(66-37-47-29-17-7-18-30-47)52(49)63-34-44-23-11-4-12-24-44)68-41-51-53(64-35-45-25-13-5-14-26-45)54(65-36-46-27-15-6-16-28-46)56(57(60-2)70-51)67-38-48-31-19-8-20-32-48/h3-32,49-58H,33-41H2,1-2H3/t49-,50-,51-,52+,53-,54+,55-,56-,57+,58?/m1/s1/i39D/t39-,49+,50+,51+,52-,53+,54-,55+,56+,57-,58?/m0. The summed E-state index contributed by atoms with van der Waals surface area (Å²) in [6.07, 6.45) is -7.79. The van der Waals surface area contributed by atoms with E-state index < -0.39 is 73.8 Å². The molecule has 0 amide bonds. The first-order chi connectivity index (χ1) is 34.9. The van der Waals surface area contributed by atoms with Gasteiger partial charge in [0.05, 0.1) is 78.9 Å². The van der Waals surface area contributed by atoms with E-state index in [1.165, 1.54) is 6.92 Å². The molecular formula is C58H64O12. The molecule has 11 atom stereocenters.